The lowest BCUT2D eigenvalue weighted by Crippen LogP contribution is -2.59. The Kier molecular flexibility index (Phi) is 6.50. The zero-order valence-corrected chi connectivity index (χ0v) is 20.2. The van der Waals surface area contributed by atoms with Crippen LogP contribution in [0.15, 0.2) is 23.8 Å². The lowest BCUT2D eigenvalue weighted by molar-refractivity contribution is -0.172. The van der Waals surface area contributed by atoms with Gasteiger partial charge in [0.15, 0.2) is 6.10 Å². The quantitative estimate of drug-likeness (QED) is 0.428. The Morgan fingerprint density at radius 3 is 2.64 bits per heavy atom. The standard InChI is InChI=1S/C25H37NO7/c1-11-9-12(2)25-16(10-18(31-6)24(30)32-22(11)14(4)27)7-8-17-19(25)21(29)13(3)20(23(17)33-25)26-15(5)28/h7-9,11,13-14,16-23,27,29H,10H2,1-6H3,(H,26,28)/b12-9-/t11-,13+,14-,16-,17-,18+,19+,20+,21-,22+,23+,25+/m1/s1. The van der Waals surface area contributed by atoms with E-state index in [2.05, 4.69) is 17.5 Å². The molecule has 8 nitrogen and oxygen atoms in total. The van der Waals surface area contributed by atoms with E-state index in [9.17, 15) is 19.8 Å². The maximum atomic E-state index is 13.0. The van der Waals surface area contributed by atoms with Crippen molar-refractivity contribution in [3.63, 3.8) is 0 Å². The van der Waals surface area contributed by atoms with E-state index in [-0.39, 0.29) is 47.6 Å². The number of carbonyl (C=O) groups excluding carboxylic acids is 2. The summed E-state index contributed by atoms with van der Waals surface area (Å²) in [5, 5.41) is 24.9. The maximum Gasteiger partial charge on any atom is 0.335 e. The molecule has 2 aliphatic carbocycles. The van der Waals surface area contributed by atoms with Crippen molar-refractivity contribution in [2.24, 2.45) is 29.6 Å². The second-order valence-corrected chi connectivity index (χ2v) is 10.4. The first-order chi connectivity index (χ1) is 15.5. The topological polar surface area (TPSA) is 114 Å². The van der Waals surface area contributed by atoms with Crippen molar-refractivity contribution in [3.05, 3.63) is 23.8 Å². The van der Waals surface area contributed by atoms with Gasteiger partial charge in [0.1, 0.15) is 11.7 Å². The van der Waals surface area contributed by atoms with Gasteiger partial charge in [-0.15, -0.1) is 0 Å². The second-order valence-electron chi connectivity index (χ2n) is 10.4. The molecule has 4 aliphatic rings. The second kappa shape index (κ2) is 8.80. The fourth-order valence-corrected chi connectivity index (χ4v) is 6.82. The van der Waals surface area contributed by atoms with Gasteiger partial charge in [-0.2, -0.15) is 0 Å². The molecular formula is C25H37NO7. The van der Waals surface area contributed by atoms with E-state index in [4.69, 9.17) is 14.2 Å². The maximum absolute atomic E-state index is 13.0. The third kappa shape index (κ3) is 3.75. The number of nitrogens with one attached hydrogen (secondary N) is 1. The molecule has 1 spiro atoms. The van der Waals surface area contributed by atoms with Crippen LogP contribution in [0.2, 0.25) is 0 Å². The molecule has 1 saturated heterocycles. The molecule has 2 aliphatic heterocycles. The average molecular weight is 464 g/mol. The number of aliphatic hydroxyl groups is 2. The minimum atomic E-state index is -0.865. The van der Waals surface area contributed by atoms with E-state index >= 15 is 0 Å². The van der Waals surface area contributed by atoms with Gasteiger partial charge >= 0.3 is 5.97 Å². The predicted octanol–water partition coefficient (Wildman–Crippen LogP) is 1.35. The number of aliphatic hydroxyl groups excluding tert-OH is 2. The first kappa shape index (κ1) is 24.4. The molecule has 4 bridgehead atoms. The Labute approximate surface area is 195 Å². The Balaban J connectivity index is 1.85. The summed E-state index contributed by atoms with van der Waals surface area (Å²) < 4.78 is 18.1. The summed E-state index contributed by atoms with van der Waals surface area (Å²) >= 11 is 0. The summed E-state index contributed by atoms with van der Waals surface area (Å²) in [4.78, 5) is 24.9. The molecule has 12 atom stereocenters. The van der Waals surface area contributed by atoms with Crippen molar-refractivity contribution in [1.29, 1.82) is 0 Å². The van der Waals surface area contributed by atoms with E-state index in [1.807, 2.05) is 26.8 Å². The van der Waals surface area contributed by atoms with Crippen molar-refractivity contribution in [1.82, 2.24) is 5.32 Å². The number of carbonyl (C=O) groups is 2. The summed E-state index contributed by atoms with van der Waals surface area (Å²) in [6.07, 6.45) is 3.04. The highest BCUT2D eigenvalue weighted by molar-refractivity contribution is 5.75. The molecule has 33 heavy (non-hydrogen) atoms. The van der Waals surface area contributed by atoms with Gasteiger partial charge in [-0.25, -0.2) is 4.79 Å². The summed E-state index contributed by atoms with van der Waals surface area (Å²) in [5.74, 6) is -1.67. The summed E-state index contributed by atoms with van der Waals surface area (Å²) in [6, 6.07) is -0.324. The number of hydrogen-bond donors (Lipinski definition) is 3. The van der Waals surface area contributed by atoms with Gasteiger partial charge in [-0.1, -0.05) is 32.1 Å². The van der Waals surface area contributed by atoms with Crippen molar-refractivity contribution in [2.75, 3.05) is 7.11 Å². The van der Waals surface area contributed by atoms with Crippen LogP contribution in [0.4, 0.5) is 0 Å². The van der Waals surface area contributed by atoms with Gasteiger partial charge in [0.25, 0.3) is 0 Å². The molecule has 4 rings (SSSR count). The van der Waals surface area contributed by atoms with Crippen LogP contribution in [0.1, 0.15) is 41.0 Å². The van der Waals surface area contributed by atoms with E-state index in [1.165, 1.54) is 14.0 Å². The van der Waals surface area contributed by atoms with Crippen LogP contribution in [0, 0.1) is 29.6 Å². The minimum Gasteiger partial charge on any atom is -0.457 e. The van der Waals surface area contributed by atoms with E-state index in [0.29, 0.717) is 6.42 Å². The van der Waals surface area contributed by atoms with Crippen molar-refractivity contribution in [3.8, 4) is 0 Å². The Hall–Kier alpha value is -1.74. The molecule has 8 heteroatoms. The molecule has 2 fully saturated rings. The lowest BCUT2D eigenvalue weighted by atomic mass is 9.57. The third-order valence-electron chi connectivity index (χ3n) is 8.32. The number of amides is 1. The first-order valence-electron chi connectivity index (χ1n) is 11.9. The molecule has 1 amide bonds. The van der Waals surface area contributed by atoms with Gasteiger partial charge in [-0.3, -0.25) is 4.79 Å². The summed E-state index contributed by atoms with van der Waals surface area (Å²) in [7, 11) is 1.47. The molecule has 184 valence electrons. The number of rotatable bonds is 3. The zero-order chi connectivity index (χ0) is 24.2. The van der Waals surface area contributed by atoms with Crippen LogP contribution in [0.25, 0.3) is 0 Å². The van der Waals surface area contributed by atoms with E-state index in [0.717, 1.165) is 5.57 Å². The van der Waals surface area contributed by atoms with Gasteiger partial charge in [0, 0.05) is 43.6 Å². The summed E-state index contributed by atoms with van der Waals surface area (Å²) in [5.41, 5.74) is 0.0895. The van der Waals surface area contributed by atoms with Gasteiger partial charge in [0.05, 0.1) is 24.4 Å². The number of methoxy groups -OCH3 is 1. The Morgan fingerprint density at radius 2 is 2.03 bits per heavy atom. The molecular weight excluding hydrogens is 426 g/mol. The van der Waals surface area contributed by atoms with E-state index in [1.54, 1.807) is 6.92 Å². The molecule has 0 aromatic carbocycles. The van der Waals surface area contributed by atoms with Crippen LogP contribution in [0.3, 0.4) is 0 Å². The Bertz CT molecular complexity index is 854. The minimum absolute atomic E-state index is 0.0635. The smallest absolute Gasteiger partial charge is 0.335 e. The SMILES string of the molecule is CO[C@H]1C[C@H]2C=C[C@H]3[C@@H]4O[C@]2(/C(C)=C\[C@@H](C)[C@@H]([C@@H](C)O)OC1=O)[C@@H]3[C@H](O)[C@@H](C)[C@@H]4NC(C)=O. The first-order valence-corrected chi connectivity index (χ1v) is 11.9. The molecule has 1 saturated carbocycles. The normalized spacial score (nSPS) is 49.3. The number of hydrogen-bond acceptors (Lipinski definition) is 7. The molecule has 3 N–H and O–H groups in total. The number of cyclic esters (lactones) is 1. The molecule has 0 aromatic heterocycles. The third-order valence-corrected chi connectivity index (χ3v) is 8.32. The van der Waals surface area contributed by atoms with Crippen molar-refractivity contribution >= 4 is 11.9 Å². The largest absolute Gasteiger partial charge is 0.457 e. The predicted molar refractivity (Wildman–Crippen MR) is 120 cm³/mol. The summed E-state index contributed by atoms with van der Waals surface area (Å²) in [6.45, 7) is 8.93. The monoisotopic (exact) mass is 463 g/mol. The highest BCUT2D eigenvalue weighted by atomic mass is 16.6. The average Bonchev–Trinajstić information content (AvgIpc) is 2.94. The molecule has 2 heterocycles. The Morgan fingerprint density at radius 1 is 1.33 bits per heavy atom. The van der Waals surface area contributed by atoms with Gasteiger partial charge in [-0.05, 0) is 25.8 Å². The van der Waals surface area contributed by atoms with Gasteiger partial charge < -0.3 is 29.7 Å². The van der Waals surface area contributed by atoms with Crippen LogP contribution < -0.4 is 5.32 Å². The molecule has 0 aromatic rings. The highest BCUT2D eigenvalue weighted by Gasteiger charge is 2.68. The van der Waals surface area contributed by atoms with Crippen LogP contribution >= 0.6 is 0 Å². The van der Waals surface area contributed by atoms with Crippen LogP contribution in [-0.4, -0.2) is 71.4 Å². The van der Waals surface area contributed by atoms with Crippen molar-refractivity contribution < 1.29 is 34.0 Å². The lowest BCUT2D eigenvalue weighted by Gasteiger charge is -2.49. The fourth-order valence-electron chi connectivity index (χ4n) is 6.82. The zero-order valence-electron chi connectivity index (χ0n) is 20.2. The number of esters is 1. The van der Waals surface area contributed by atoms with Gasteiger partial charge in [0.2, 0.25) is 5.91 Å². The highest BCUT2D eigenvalue weighted by Crippen LogP contribution is 2.60. The molecule has 0 radical (unpaired) electrons. The van der Waals surface area contributed by atoms with Crippen LogP contribution in [0.5, 0.6) is 0 Å². The van der Waals surface area contributed by atoms with E-state index < -0.39 is 36.0 Å². The van der Waals surface area contributed by atoms with Crippen molar-refractivity contribution in [2.45, 2.75) is 83.2 Å². The number of ether oxygens (including phenoxy) is 3. The fraction of sp³-hybridized carbons (Fsp3) is 0.760. The van der Waals surface area contributed by atoms with Crippen LogP contribution in [-0.2, 0) is 23.8 Å². The molecule has 0 unspecified atom stereocenters.